The Bertz CT molecular complexity index is 766. The van der Waals surface area contributed by atoms with Crippen molar-refractivity contribution in [2.75, 3.05) is 4.72 Å². The van der Waals surface area contributed by atoms with E-state index in [1.54, 1.807) is 6.92 Å². The summed E-state index contributed by atoms with van der Waals surface area (Å²) in [7, 11) is -4.05. The lowest BCUT2D eigenvalue weighted by Gasteiger charge is -2.08. The Morgan fingerprint density at radius 3 is 2.70 bits per heavy atom. The minimum absolute atomic E-state index is 0.153. The molecule has 0 bridgehead atoms. The summed E-state index contributed by atoms with van der Waals surface area (Å²) in [5, 5.41) is 14.8. The number of aryl methyl sites for hydroxylation is 2. The number of sulfonamides is 1. The van der Waals surface area contributed by atoms with Crippen LogP contribution >= 0.6 is 0 Å². The summed E-state index contributed by atoms with van der Waals surface area (Å²) in [4.78, 5) is 14.6. The molecule has 0 spiro atoms. The summed E-state index contributed by atoms with van der Waals surface area (Å²) in [6.45, 7) is 3.15. The number of anilines is 1. The molecule has 20 heavy (non-hydrogen) atoms. The van der Waals surface area contributed by atoms with Gasteiger partial charge in [-0.25, -0.2) is 13.2 Å². The van der Waals surface area contributed by atoms with Crippen molar-refractivity contribution in [1.29, 1.82) is 0 Å². The lowest BCUT2D eigenvalue weighted by molar-refractivity contribution is 0.0686. The molecule has 8 nitrogen and oxygen atoms in total. The maximum absolute atomic E-state index is 12.3. The van der Waals surface area contributed by atoms with E-state index in [0.717, 1.165) is 0 Å². The van der Waals surface area contributed by atoms with E-state index in [1.807, 2.05) is 0 Å². The number of aromatic amines is 1. The van der Waals surface area contributed by atoms with E-state index >= 15 is 0 Å². The van der Waals surface area contributed by atoms with Gasteiger partial charge in [0.05, 0.1) is 11.4 Å². The molecule has 0 radical (unpaired) electrons. The average molecular weight is 296 g/mol. The van der Waals surface area contributed by atoms with Gasteiger partial charge in [0.25, 0.3) is 10.0 Å². The van der Waals surface area contributed by atoms with Crippen molar-refractivity contribution >= 4 is 21.7 Å². The number of hydrogen-bond donors (Lipinski definition) is 3. The van der Waals surface area contributed by atoms with E-state index in [2.05, 4.69) is 19.9 Å². The molecule has 0 amide bonds. The molecule has 0 saturated carbocycles. The summed E-state index contributed by atoms with van der Waals surface area (Å²) >= 11 is 0. The molecule has 9 heteroatoms. The Kier molecular flexibility index (Phi) is 3.45. The Labute approximate surface area is 114 Å². The van der Waals surface area contributed by atoms with Gasteiger partial charge in [-0.15, -0.1) is 0 Å². The number of H-pyrrole nitrogens is 1. The molecule has 2 heterocycles. The number of carbonyl (C=O) groups is 1. The topological polar surface area (TPSA) is 125 Å². The summed E-state index contributed by atoms with van der Waals surface area (Å²) < 4.78 is 26.8. The van der Waals surface area contributed by atoms with Crippen LogP contribution in [0.5, 0.6) is 0 Å². The van der Waals surface area contributed by atoms with Crippen molar-refractivity contribution in [2.45, 2.75) is 18.7 Å². The molecule has 2 rings (SSSR count). The number of carboxylic acid groups (broad SMARTS) is 1. The second-order valence-electron chi connectivity index (χ2n) is 4.12. The summed E-state index contributed by atoms with van der Waals surface area (Å²) in [6, 6.07) is 3.01. The van der Waals surface area contributed by atoms with Gasteiger partial charge in [-0.2, -0.15) is 5.10 Å². The molecule has 0 aromatic carbocycles. The van der Waals surface area contributed by atoms with Gasteiger partial charge in [-0.3, -0.25) is 14.8 Å². The lowest BCUT2D eigenvalue weighted by atomic mass is 10.3. The third-order valence-corrected chi connectivity index (χ3v) is 4.05. The van der Waals surface area contributed by atoms with E-state index in [-0.39, 0.29) is 10.6 Å². The summed E-state index contributed by atoms with van der Waals surface area (Å²) in [6.07, 6.45) is 1.45. The van der Waals surface area contributed by atoms with Crippen LogP contribution in [0.15, 0.2) is 23.2 Å². The third-order valence-electron chi connectivity index (χ3n) is 2.51. The number of aromatic nitrogens is 3. The van der Waals surface area contributed by atoms with E-state index in [9.17, 15) is 13.2 Å². The van der Waals surface area contributed by atoms with Crippen molar-refractivity contribution in [3.8, 4) is 0 Å². The molecule has 0 fully saturated rings. The van der Waals surface area contributed by atoms with Gasteiger partial charge < -0.3 is 5.11 Å². The average Bonchev–Trinajstić information content (AvgIpc) is 2.71. The number of hydrogen-bond acceptors (Lipinski definition) is 5. The zero-order chi connectivity index (χ0) is 14.9. The second kappa shape index (κ2) is 4.93. The van der Waals surface area contributed by atoms with Gasteiger partial charge >= 0.3 is 5.97 Å². The molecule has 0 aliphatic heterocycles. The first kappa shape index (κ1) is 14.0. The van der Waals surface area contributed by atoms with Gasteiger partial charge in [0.2, 0.25) is 0 Å². The molecular weight excluding hydrogens is 284 g/mol. The molecule has 2 aromatic rings. The molecule has 0 atom stereocenters. The fourth-order valence-corrected chi connectivity index (χ4v) is 3.08. The van der Waals surface area contributed by atoms with Crippen LogP contribution in [0.3, 0.4) is 0 Å². The third kappa shape index (κ3) is 2.62. The fraction of sp³-hybridized carbons (Fsp3) is 0.182. The van der Waals surface area contributed by atoms with Crippen molar-refractivity contribution < 1.29 is 18.3 Å². The van der Waals surface area contributed by atoms with E-state index in [0.29, 0.717) is 11.4 Å². The molecule has 106 valence electrons. The number of nitrogens with zero attached hydrogens (tertiary/aromatic N) is 2. The predicted octanol–water partition coefficient (Wildman–Crippen LogP) is 0.921. The number of carboxylic acids is 1. The smallest absolute Gasteiger partial charge is 0.357 e. The first-order valence-corrected chi connectivity index (χ1v) is 7.03. The molecule has 0 unspecified atom stereocenters. The van der Waals surface area contributed by atoms with Crippen LogP contribution < -0.4 is 4.72 Å². The summed E-state index contributed by atoms with van der Waals surface area (Å²) in [5.74, 6) is -1.42. The fourth-order valence-electron chi connectivity index (χ4n) is 1.71. The highest BCUT2D eigenvalue weighted by molar-refractivity contribution is 7.92. The number of rotatable bonds is 4. The van der Waals surface area contributed by atoms with Gasteiger partial charge in [-0.05, 0) is 26.0 Å². The molecular formula is C11H12N4O4S. The first-order chi connectivity index (χ1) is 9.31. The normalized spacial score (nSPS) is 11.3. The maximum atomic E-state index is 12.3. The van der Waals surface area contributed by atoms with Crippen LogP contribution in [0.1, 0.15) is 21.9 Å². The highest BCUT2D eigenvalue weighted by atomic mass is 32.2. The summed E-state index contributed by atoms with van der Waals surface area (Å²) in [5.41, 5.74) is 0.545. The standard InChI is InChI=1S/C11H12N4O4S/c1-6-5-8(3-4-12-6)15-20(18,19)10-7(2)13-14-9(10)11(16)17/h3-5H,1-2H3,(H,12,15)(H,13,14)(H,16,17). The van der Waals surface area contributed by atoms with Gasteiger partial charge in [0, 0.05) is 11.9 Å². The number of pyridine rings is 1. The van der Waals surface area contributed by atoms with Gasteiger partial charge in [0.15, 0.2) is 5.69 Å². The lowest BCUT2D eigenvalue weighted by Crippen LogP contribution is -2.17. The number of aromatic carboxylic acids is 1. The molecule has 0 aliphatic rings. The van der Waals surface area contributed by atoms with Crippen molar-refractivity contribution in [2.24, 2.45) is 0 Å². The first-order valence-electron chi connectivity index (χ1n) is 5.55. The predicted molar refractivity (Wildman–Crippen MR) is 70.1 cm³/mol. The van der Waals surface area contributed by atoms with Gasteiger partial charge in [0.1, 0.15) is 4.90 Å². The van der Waals surface area contributed by atoms with Crippen LogP contribution in [0.4, 0.5) is 5.69 Å². The van der Waals surface area contributed by atoms with E-state index in [1.165, 1.54) is 25.3 Å². The van der Waals surface area contributed by atoms with Crippen LogP contribution in [-0.2, 0) is 10.0 Å². The largest absolute Gasteiger partial charge is 0.476 e. The minimum atomic E-state index is -4.05. The molecule has 3 N–H and O–H groups in total. The van der Waals surface area contributed by atoms with E-state index < -0.39 is 21.7 Å². The minimum Gasteiger partial charge on any atom is -0.476 e. The van der Waals surface area contributed by atoms with Crippen LogP contribution in [0, 0.1) is 13.8 Å². The van der Waals surface area contributed by atoms with Crippen molar-refractivity contribution in [3.05, 3.63) is 35.4 Å². The van der Waals surface area contributed by atoms with Crippen molar-refractivity contribution in [1.82, 2.24) is 15.2 Å². The zero-order valence-electron chi connectivity index (χ0n) is 10.7. The maximum Gasteiger partial charge on any atom is 0.357 e. The Balaban J connectivity index is 2.46. The molecule has 2 aromatic heterocycles. The molecule has 0 aliphatic carbocycles. The van der Waals surface area contributed by atoms with Crippen LogP contribution in [0.2, 0.25) is 0 Å². The monoisotopic (exact) mass is 296 g/mol. The molecule has 0 saturated heterocycles. The van der Waals surface area contributed by atoms with E-state index in [4.69, 9.17) is 5.11 Å². The highest BCUT2D eigenvalue weighted by Gasteiger charge is 2.28. The SMILES string of the molecule is Cc1cc(NS(=O)(=O)c2c(C(=O)O)n[nH]c2C)ccn1. The quantitative estimate of drug-likeness (QED) is 0.770. The van der Waals surface area contributed by atoms with Crippen LogP contribution in [-0.4, -0.2) is 34.7 Å². The van der Waals surface area contributed by atoms with Gasteiger partial charge in [-0.1, -0.05) is 0 Å². The van der Waals surface area contributed by atoms with Crippen molar-refractivity contribution in [3.63, 3.8) is 0 Å². The number of nitrogens with one attached hydrogen (secondary N) is 2. The van der Waals surface area contributed by atoms with Crippen LogP contribution in [0.25, 0.3) is 0 Å². The Hall–Kier alpha value is -2.42. The Morgan fingerprint density at radius 2 is 2.10 bits per heavy atom. The second-order valence-corrected chi connectivity index (χ2v) is 5.74. The highest BCUT2D eigenvalue weighted by Crippen LogP contribution is 2.21. The zero-order valence-corrected chi connectivity index (χ0v) is 11.5. The Morgan fingerprint density at radius 1 is 1.40 bits per heavy atom.